The lowest BCUT2D eigenvalue weighted by molar-refractivity contribution is -0.140. The van der Waals surface area contributed by atoms with Gasteiger partial charge in [0.25, 0.3) is 0 Å². The Morgan fingerprint density at radius 3 is 2.45 bits per heavy atom. The summed E-state index contributed by atoms with van der Waals surface area (Å²) in [6.07, 6.45) is 0. The number of rotatable bonds is 10. The number of carbonyl (C=O) groups is 1. The second-order valence-electron chi connectivity index (χ2n) is 6.82. The molecule has 0 saturated heterocycles. The van der Waals surface area contributed by atoms with Gasteiger partial charge in [0.15, 0.2) is 11.5 Å². The van der Waals surface area contributed by atoms with Crippen molar-refractivity contribution in [2.45, 2.75) is 40.0 Å². The first-order valence-corrected chi connectivity index (χ1v) is 10.8. The van der Waals surface area contributed by atoms with Gasteiger partial charge < -0.3 is 19.9 Å². The molecule has 0 aromatic heterocycles. The van der Waals surface area contributed by atoms with Gasteiger partial charge in [0.1, 0.15) is 12.6 Å². The molecule has 29 heavy (non-hydrogen) atoms. The third-order valence-electron chi connectivity index (χ3n) is 4.20. The first-order valence-electron chi connectivity index (χ1n) is 9.21. The molecule has 0 saturated carbocycles. The Labute approximate surface area is 189 Å². The molecule has 0 radical (unpaired) electrons. The van der Waals surface area contributed by atoms with E-state index in [1.54, 1.807) is 12.1 Å². The summed E-state index contributed by atoms with van der Waals surface area (Å²) in [6.45, 7) is 6.78. The molecular formula is C21H24BrCl2NO4. The highest BCUT2D eigenvalue weighted by Crippen LogP contribution is 2.38. The average Bonchev–Trinajstić information content (AvgIpc) is 2.63. The number of carboxylic acid groups (broad SMARTS) is 1. The van der Waals surface area contributed by atoms with Crippen molar-refractivity contribution in [3.05, 3.63) is 56.0 Å². The van der Waals surface area contributed by atoms with Gasteiger partial charge in [-0.1, -0.05) is 43.1 Å². The number of hydrogen-bond acceptors (Lipinski definition) is 4. The molecule has 0 spiro atoms. The number of nitrogens with one attached hydrogen (secondary N) is 1. The van der Waals surface area contributed by atoms with E-state index in [9.17, 15) is 9.90 Å². The zero-order valence-corrected chi connectivity index (χ0v) is 19.6. The van der Waals surface area contributed by atoms with Gasteiger partial charge in [-0.2, -0.15) is 0 Å². The number of carboxylic acids is 1. The fraction of sp³-hybridized carbons (Fsp3) is 0.381. The molecule has 5 nitrogen and oxygen atoms in total. The van der Waals surface area contributed by atoms with Gasteiger partial charge in [0.05, 0.1) is 21.1 Å². The third-order valence-corrected chi connectivity index (χ3v) is 5.52. The van der Waals surface area contributed by atoms with E-state index in [1.807, 2.05) is 39.0 Å². The molecule has 0 aliphatic carbocycles. The second-order valence-corrected chi connectivity index (χ2v) is 8.48. The van der Waals surface area contributed by atoms with Crippen LogP contribution in [0.2, 0.25) is 10.0 Å². The van der Waals surface area contributed by atoms with Gasteiger partial charge in [-0.15, -0.1) is 0 Å². The zero-order valence-electron chi connectivity index (χ0n) is 16.5. The van der Waals surface area contributed by atoms with E-state index >= 15 is 0 Å². The number of halogens is 3. The van der Waals surface area contributed by atoms with E-state index in [4.69, 9.17) is 32.7 Å². The van der Waals surface area contributed by atoms with Crippen LogP contribution in [0.15, 0.2) is 34.8 Å². The van der Waals surface area contributed by atoms with Gasteiger partial charge in [-0.3, -0.25) is 4.79 Å². The summed E-state index contributed by atoms with van der Waals surface area (Å²) in [7, 11) is 0. The largest absolute Gasteiger partial charge is 0.490 e. The van der Waals surface area contributed by atoms with Gasteiger partial charge in [0, 0.05) is 6.54 Å². The van der Waals surface area contributed by atoms with Crippen LogP contribution < -0.4 is 14.8 Å². The van der Waals surface area contributed by atoms with Gasteiger partial charge >= 0.3 is 5.97 Å². The van der Waals surface area contributed by atoms with Gasteiger partial charge in [0.2, 0.25) is 0 Å². The minimum atomic E-state index is -0.870. The molecular weight excluding hydrogens is 481 g/mol. The molecule has 0 bridgehead atoms. The van der Waals surface area contributed by atoms with Crippen LogP contribution in [0.1, 0.15) is 31.9 Å². The monoisotopic (exact) mass is 503 g/mol. The van der Waals surface area contributed by atoms with E-state index in [-0.39, 0.29) is 5.92 Å². The minimum Gasteiger partial charge on any atom is -0.490 e. The second kappa shape index (κ2) is 11.1. The molecule has 0 amide bonds. The summed E-state index contributed by atoms with van der Waals surface area (Å²) in [5.41, 5.74) is 1.76. The Hall–Kier alpha value is -1.47. The van der Waals surface area contributed by atoms with Crippen LogP contribution in [-0.4, -0.2) is 23.7 Å². The summed E-state index contributed by atoms with van der Waals surface area (Å²) in [4.78, 5) is 11.4. The summed E-state index contributed by atoms with van der Waals surface area (Å²) in [5.74, 6) is 0.247. The summed E-state index contributed by atoms with van der Waals surface area (Å²) in [5, 5.41) is 13.4. The summed E-state index contributed by atoms with van der Waals surface area (Å²) in [6, 6.07) is 8.44. The smallest absolute Gasteiger partial charge is 0.320 e. The van der Waals surface area contributed by atoms with Crippen molar-refractivity contribution in [3.63, 3.8) is 0 Å². The molecule has 8 heteroatoms. The first kappa shape index (κ1) is 23.8. The fourth-order valence-electron chi connectivity index (χ4n) is 2.75. The molecule has 1 unspecified atom stereocenters. The number of hydrogen-bond donors (Lipinski definition) is 2. The van der Waals surface area contributed by atoms with E-state index < -0.39 is 12.0 Å². The number of benzene rings is 2. The molecule has 0 aliphatic rings. The van der Waals surface area contributed by atoms with Gasteiger partial charge in [-0.05, 0) is 64.2 Å². The molecule has 2 aromatic carbocycles. The maximum Gasteiger partial charge on any atom is 0.320 e. The lowest BCUT2D eigenvalue weighted by Gasteiger charge is -2.19. The third kappa shape index (κ3) is 6.78. The van der Waals surface area contributed by atoms with E-state index in [0.29, 0.717) is 41.3 Å². The maximum absolute atomic E-state index is 11.4. The van der Waals surface area contributed by atoms with Crippen molar-refractivity contribution in [2.75, 3.05) is 6.61 Å². The molecule has 2 rings (SSSR count). The quantitative estimate of drug-likeness (QED) is 0.419. The predicted octanol–water partition coefficient (Wildman–Crippen LogP) is 5.93. The number of aliphatic carboxylic acids is 1. The van der Waals surface area contributed by atoms with Crippen LogP contribution in [0.3, 0.4) is 0 Å². The Balaban J connectivity index is 2.18. The van der Waals surface area contributed by atoms with Crippen LogP contribution in [0.25, 0.3) is 0 Å². The average molecular weight is 505 g/mol. The Morgan fingerprint density at radius 2 is 1.86 bits per heavy atom. The van der Waals surface area contributed by atoms with Crippen LogP contribution in [0.5, 0.6) is 11.5 Å². The van der Waals surface area contributed by atoms with Gasteiger partial charge in [-0.25, -0.2) is 0 Å². The molecule has 1 atom stereocenters. The topological polar surface area (TPSA) is 67.8 Å². The van der Waals surface area contributed by atoms with Crippen molar-refractivity contribution in [1.29, 1.82) is 0 Å². The van der Waals surface area contributed by atoms with Crippen LogP contribution in [0.4, 0.5) is 0 Å². The van der Waals surface area contributed by atoms with Crippen LogP contribution >= 0.6 is 39.1 Å². The predicted molar refractivity (Wildman–Crippen MR) is 119 cm³/mol. The molecule has 0 aliphatic heterocycles. The fourth-order valence-corrected chi connectivity index (χ4v) is 3.67. The first-order chi connectivity index (χ1) is 13.7. The van der Waals surface area contributed by atoms with E-state index in [1.165, 1.54) is 0 Å². The highest BCUT2D eigenvalue weighted by molar-refractivity contribution is 9.10. The van der Waals surface area contributed by atoms with E-state index in [2.05, 4.69) is 21.2 Å². The van der Waals surface area contributed by atoms with Crippen molar-refractivity contribution >= 4 is 45.1 Å². The minimum absolute atomic E-state index is 0.0314. The van der Waals surface area contributed by atoms with E-state index in [0.717, 1.165) is 15.6 Å². The lowest BCUT2D eigenvalue weighted by atomic mass is 10.0. The number of ether oxygens (including phenoxy) is 2. The summed E-state index contributed by atoms with van der Waals surface area (Å²) < 4.78 is 12.4. The maximum atomic E-state index is 11.4. The SMILES string of the molecule is CCOc1cc(CNC(C(=O)O)C(C)C)cc(Br)c1OCc1ccc(Cl)c(Cl)c1. The van der Waals surface area contributed by atoms with Crippen molar-refractivity contribution in [1.82, 2.24) is 5.32 Å². The summed E-state index contributed by atoms with van der Waals surface area (Å²) >= 11 is 15.6. The molecule has 2 N–H and O–H groups in total. The Morgan fingerprint density at radius 1 is 1.14 bits per heavy atom. The molecule has 0 fully saturated rings. The Kier molecular flexibility index (Phi) is 9.08. The van der Waals surface area contributed by atoms with Crippen molar-refractivity contribution in [3.8, 4) is 11.5 Å². The van der Waals surface area contributed by atoms with Crippen LogP contribution in [0, 0.1) is 5.92 Å². The van der Waals surface area contributed by atoms with Crippen molar-refractivity contribution in [2.24, 2.45) is 5.92 Å². The normalized spacial score (nSPS) is 12.1. The highest BCUT2D eigenvalue weighted by atomic mass is 79.9. The zero-order chi connectivity index (χ0) is 21.6. The molecule has 158 valence electrons. The van der Waals surface area contributed by atoms with Crippen LogP contribution in [-0.2, 0) is 17.9 Å². The highest BCUT2D eigenvalue weighted by Gasteiger charge is 2.21. The Bertz CT molecular complexity index is 861. The molecule has 2 aromatic rings. The lowest BCUT2D eigenvalue weighted by Crippen LogP contribution is -2.40. The standard InChI is InChI=1S/C21H24BrCl2NO4/c1-4-28-18-9-14(10-25-19(12(2)3)21(26)27)7-15(22)20(18)29-11-13-5-6-16(23)17(24)8-13/h5-9,12,19,25H,4,10-11H2,1-3H3,(H,26,27). The molecule has 0 heterocycles. The van der Waals surface area contributed by atoms with Crippen molar-refractivity contribution < 1.29 is 19.4 Å².